The summed E-state index contributed by atoms with van der Waals surface area (Å²) in [6.45, 7) is 0. The average molecular weight is 359 g/mol. The summed E-state index contributed by atoms with van der Waals surface area (Å²) in [6.07, 6.45) is 5.80. The summed E-state index contributed by atoms with van der Waals surface area (Å²) < 4.78 is 17.9. The normalized spacial score (nSPS) is 17.7. The smallest absolute Gasteiger partial charge is 0.337 e. The Balaban J connectivity index is 2.05. The fourth-order valence-electron chi connectivity index (χ4n) is 2.51. The van der Waals surface area contributed by atoms with Crippen LogP contribution in [0.4, 0.5) is 0 Å². The second-order valence-corrected chi connectivity index (χ2v) is 7.65. The number of halogens is 1. The molecule has 1 atom stereocenters. The standard InChI is InChI=1S/C15H19BrO3S/c1-19-15(17)11-7-8-12(14(16)9-11)10-20(18)13-5-3-2-4-6-13/h7-9,13H,2-6,10H2,1H3. The molecule has 0 aromatic heterocycles. The van der Waals surface area contributed by atoms with E-state index in [2.05, 4.69) is 20.7 Å². The van der Waals surface area contributed by atoms with E-state index in [0.29, 0.717) is 16.6 Å². The van der Waals surface area contributed by atoms with E-state index in [4.69, 9.17) is 0 Å². The lowest BCUT2D eigenvalue weighted by atomic mass is 10.0. The number of methoxy groups -OCH3 is 1. The molecule has 0 bridgehead atoms. The minimum Gasteiger partial charge on any atom is -0.465 e. The summed E-state index contributed by atoms with van der Waals surface area (Å²) >= 11 is 3.45. The molecular formula is C15H19BrO3S. The summed E-state index contributed by atoms with van der Waals surface area (Å²) in [5.74, 6) is 0.192. The molecule has 0 amide bonds. The summed E-state index contributed by atoms with van der Waals surface area (Å²) in [5.41, 5.74) is 1.49. The first-order valence-electron chi connectivity index (χ1n) is 6.85. The van der Waals surface area contributed by atoms with Crippen LogP contribution in [-0.2, 0) is 21.3 Å². The van der Waals surface area contributed by atoms with Crippen LogP contribution in [0.2, 0.25) is 0 Å². The molecule has 110 valence electrons. The average Bonchev–Trinajstić information content (AvgIpc) is 2.49. The summed E-state index contributed by atoms with van der Waals surface area (Å²) in [5, 5.41) is 0.330. The summed E-state index contributed by atoms with van der Waals surface area (Å²) in [6, 6.07) is 5.32. The molecule has 1 aromatic carbocycles. The van der Waals surface area contributed by atoms with E-state index in [-0.39, 0.29) is 5.97 Å². The number of rotatable bonds is 4. The van der Waals surface area contributed by atoms with Crippen LogP contribution in [-0.4, -0.2) is 22.5 Å². The highest BCUT2D eigenvalue weighted by Gasteiger charge is 2.20. The van der Waals surface area contributed by atoms with Crippen molar-refractivity contribution in [2.75, 3.05) is 7.11 Å². The number of carbonyl (C=O) groups is 1. The second kappa shape index (κ2) is 7.36. The molecule has 0 aliphatic heterocycles. The first-order valence-corrected chi connectivity index (χ1v) is 9.03. The Hall–Kier alpha value is -0.680. The number of ether oxygens (including phenoxy) is 1. The molecule has 1 aliphatic carbocycles. The maximum Gasteiger partial charge on any atom is 0.337 e. The number of esters is 1. The molecular weight excluding hydrogens is 340 g/mol. The lowest BCUT2D eigenvalue weighted by molar-refractivity contribution is 0.0600. The first kappa shape index (κ1) is 15.7. The molecule has 0 N–H and O–H groups in total. The van der Waals surface area contributed by atoms with Gasteiger partial charge >= 0.3 is 5.97 Å². The van der Waals surface area contributed by atoms with Gasteiger partial charge in [0.1, 0.15) is 0 Å². The molecule has 0 radical (unpaired) electrons. The Morgan fingerprint density at radius 2 is 2.05 bits per heavy atom. The summed E-state index contributed by atoms with van der Waals surface area (Å²) in [7, 11) is 0.530. The van der Waals surface area contributed by atoms with Gasteiger partial charge in [0.25, 0.3) is 0 Å². The van der Waals surface area contributed by atoms with Crippen LogP contribution in [0, 0.1) is 0 Å². The summed E-state index contributed by atoms with van der Waals surface area (Å²) in [4.78, 5) is 11.4. The number of hydrogen-bond acceptors (Lipinski definition) is 3. The van der Waals surface area contributed by atoms with Gasteiger partial charge in [0, 0.05) is 26.3 Å². The third-order valence-electron chi connectivity index (χ3n) is 3.70. The highest BCUT2D eigenvalue weighted by atomic mass is 79.9. The van der Waals surface area contributed by atoms with Crippen LogP contribution in [0.15, 0.2) is 22.7 Å². The molecule has 0 spiro atoms. The number of carbonyl (C=O) groups excluding carboxylic acids is 1. The van der Waals surface area contributed by atoms with Gasteiger partial charge in [0.15, 0.2) is 0 Å². The van der Waals surface area contributed by atoms with Crippen molar-refractivity contribution in [3.05, 3.63) is 33.8 Å². The van der Waals surface area contributed by atoms with Crippen LogP contribution in [0.5, 0.6) is 0 Å². The second-order valence-electron chi connectivity index (χ2n) is 5.08. The molecule has 1 aliphatic rings. The van der Waals surface area contributed by atoms with E-state index < -0.39 is 10.8 Å². The lowest BCUT2D eigenvalue weighted by Gasteiger charge is -2.21. The van der Waals surface area contributed by atoms with E-state index in [0.717, 1.165) is 22.9 Å². The zero-order chi connectivity index (χ0) is 14.5. The first-order chi connectivity index (χ1) is 9.61. The van der Waals surface area contributed by atoms with Crippen molar-refractivity contribution in [1.29, 1.82) is 0 Å². The minimum absolute atomic E-state index is 0.330. The van der Waals surface area contributed by atoms with Crippen molar-refractivity contribution in [1.82, 2.24) is 0 Å². The van der Waals surface area contributed by atoms with Gasteiger partial charge in [0.2, 0.25) is 0 Å². The van der Waals surface area contributed by atoms with Gasteiger partial charge < -0.3 is 4.74 Å². The molecule has 2 rings (SSSR count). The van der Waals surface area contributed by atoms with Crippen LogP contribution in [0.25, 0.3) is 0 Å². The van der Waals surface area contributed by atoms with Crippen molar-refractivity contribution in [3.63, 3.8) is 0 Å². The molecule has 1 fully saturated rings. The Bertz CT molecular complexity index is 510. The van der Waals surface area contributed by atoms with Gasteiger partial charge in [-0.2, -0.15) is 0 Å². The van der Waals surface area contributed by atoms with Crippen LogP contribution in [0.1, 0.15) is 48.0 Å². The maximum atomic E-state index is 12.4. The maximum absolute atomic E-state index is 12.4. The van der Waals surface area contributed by atoms with E-state index in [9.17, 15) is 9.00 Å². The molecule has 1 saturated carbocycles. The highest BCUT2D eigenvalue weighted by Crippen LogP contribution is 2.26. The topological polar surface area (TPSA) is 43.4 Å². The van der Waals surface area contributed by atoms with Crippen molar-refractivity contribution < 1.29 is 13.7 Å². The van der Waals surface area contributed by atoms with E-state index in [1.165, 1.54) is 26.4 Å². The molecule has 5 heteroatoms. The van der Waals surface area contributed by atoms with Crippen LogP contribution >= 0.6 is 15.9 Å². The largest absolute Gasteiger partial charge is 0.465 e. The van der Waals surface area contributed by atoms with Gasteiger partial charge in [0.05, 0.1) is 12.7 Å². The Labute approximate surface area is 130 Å². The van der Waals surface area contributed by atoms with Crippen molar-refractivity contribution in [3.8, 4) is 0 Å². The van der Waals surface area contributed by atoms with Gasteiger partial charge in [-0.15, -0.1) is 0 Å². The molecule has 0 saturated heterocycles. The predicted octanol–water partition coefficient (Wildman–Crippen LogP) is 3.82. The zero-order valence-electron chi connectivity index (χ0n) is 11.6. The fraction of sp³-hybridized carbons (Fsp3) is 0.533. The lowest BCUT2D eigenvalue weighted by Crippen LogP contribution is -2.20. The molecule has 1 aromatic rings. The quantitative estimate of drug-likeness (QED) is 0.768. The van der Waals surface area contributed by atoms with Gasteiger partial charge in [-0.25, -0.2) is 4.79 Å². The molecule has 20 heavy (non-hydrogen) atoms. The minimum atomic E-state index is -0.833. The van der Waals surface area contributed by atoms with Crippen LogP contribution in [0.3, 0.4) is 0 Å². The van der Waals surface area contributed by atoms with Crippen molar-refractivity contribution in [2.24, 2.45) is 0 Å². The molecule has 3 nitrogen and oxygen atoms in total. The Morgan fingerprint density at radius 3 is 2.65 bits per heavy atom. The molecule has 0 heterocycles. The van der Waals surface area contributed by atoms with Crippen molar-refractivity contribution >= 4 is 32.7 Å². The van der Waals surface area contributed by atoms with Crippen molar-refractivity contribution in [2.45, 2.75) is 43.1 Å². The van der Waals surface area contributed by atoms with Gasteiger partial charge in [-0.3, -0.25) is 4.21 Å². The zero-order valence-corrected chi connectivity index (χ0v) is 14.0. The fourth-order valence-corrected chi connectivity index (χ4v) is 4.87. The number of benzene rings is 1. The van der Waals surface area contributed by atoms with Gasteiger partial charge in [-0.05, 0) is 30.5 Å². The Morgan fingerprint density at radius 1 is 1.35 bits per heavy atom. The van der Waals surface area contributed by atoms with E-state index in [1.54, 1.807) is 12.1 Å². The van der Waals surface area contributed by atoms with Crippen LogP contribution < -0.4 is 0 Å². The van der Waals surface area contributed by atoms with Gasteiger partial charge in [-0.1, -0.05) is 41.3 Å². The highest BCUT2D eigenvalue weighted by molar-refractivity contribution is 9.10. The third-order valence-corrected chi connectivity index (χ3v) is 6.24. The SMILES string of the molecule is COC(=O)c1ccc(CS(=O)C2CCCCC2)c(Br)c1. The Kier molecular flexibility index (Phi) is 5.78. The van der Waals surface area contributed by atoms with E-state index in [1.807, 2.05) is 6.07 Å². The molecule has 1 unspecified atom stereocenters. The monoisotopic (exact) mass is 358 g/mol. The third kappa shape index (κ3) is 3.92. The number of hydrogen-bond donors (Lipinski definition) is 0. The van der Waals surface area contributed by atoms with E-state index >= 15 is 0 Å². The predicted molar refractivity (Wildman–Crippen MR) is 84.2 cm³/mol.